The third kappa shape index (κ3) is 3.17. The van der Waals surface area contributed by atoms with Gasteiger partial charge in [-0.1, -0.05) is 11.6 Å². The van der Waals surface area contributed by atoms with Gasteiger partial charge in [0.05, 0.1) is 12.1 Å². The monoisotopic (exact) mass is 293 g/mol. The van der Waals surface area contributed by atoms with Gasteiger partial charge in [-0.3, -0.25) is 0 Å². The van der Waals surface area contributed by atoms with Crippen LogP contribution in [-0.4, -0.2) is 12.7 Å². The average molecular weight is 294 g/mol. The molecule has 1 aromatic carbocycles. The number of nitrogens with two attached hydrogens (primary N) is 1. The van der Waals surface area contributed by atoms with Crippen LogP contribution in [0.15, 0.2) is 28.7 Å². The van der Waals surface area contributed by atoms with Crippen LogP contribution in [0.1, 0.15) is 43.9 Å². The molecule has 0 bridgehead atoms. The van der Waals surface area contributed by atoms with E-state index in [4.69, 9.17) is 26.5 Å². The van der Waals surface area contributed by atoms with Crippen LogP contribution < -0.4 is 5.73 Å². The second-order valence-electron chi connectivity index (χ2n) is 5.50. The molecule has 0 amide bonds. The summed E-state index contributed by atoms with van der Waals surface area (Å²) < 4.78 is 11.5. The van der Waals surface area contributed by atoms with Gasteiger partial charge in [0, 0.05) is 17.0 Å². The third-order valence-corrected chi connectivity index (χ3v) is 4.17. The molecule has 3 rings (SSSR count). The first-order valence-electron chi connectivity index (χ1n) is 7.28. The van der Waals surface area contributed by atoms with Crippen molar-refractivity contribution in [3.8, 4) is 0 Å². The number of fused-ring (bicyclic) bond motifs is 1. The van der Waals surface area contributed by atoms with Gasteiger partial charge in [-0.05, 0) is 56.4 Å². The van der Waals surface area contributed by atoms with Crippen molar-refractivity contribution < 1.29 is 9.15 Å². The quantitative estimate of drug-likeness (QED) is 0.907. The molecule has 0 saturated carbocycles. The lowest BCUT2D eigenvalue weighted by molar-refractivity contribution is 0.00887. The van der Waals surface area contributed by atoms with Crippen LogP contribution >= 0.6 is 11.6 Å². The molecule has 4 heteroatoms. The smallest absolute Gasteiger partial charge is 0.134 e. The van der Waals surface area contributed by atoms with Crippen molar-refractivity contribution in [3.63, 3.8) is 0 Å². The summed E-state index contributed by atoms with van der Waals surface area (Å²) in [6, 6.07) is 7.54. The fraction of sp³-hybridized carbons (Fsp3) is 0.500. The Morgan fingerprint density at radius 3 is 3.00 bits per heavy atom. The molecule has 0 spiro atoms. The van der Waals surface area contributed by atoms with Crippen molar-refractivity contribution in [2.75, 3.05) is 6.61 Å². The lowest BCUT2D eigenvalue weighted by atomic mass is 10.0. The minimum Gasteiger partial charge on any atom is -0.459 e. The molecular formula is C16H20ClNO2. The van der Waals surface area contributed by atoms with Gasteiger partial charge in [0.2, 0.25) is 0 Å². The molecule has 0 radical (unpaired) electrons. The van der Waals surface area contributed by atoms with Gasteiger partial charge in [0.15, 0.2) is 0 Å². The van der Waals surface area contributed by atoms with Gasteiger partial charge < -0.3 is 14.9 Å². The maximum atomic E-state index is 6.23. The molecule has 1 fully saturated rings. The first-order valence-corrected chi connectivity index (χ1v) is 7.66. The van der Waals surface area contributed by atoms with E-state index in [1.165, 1.54) is 12.8 Å². The number of benzene rings is 1. The fourth-order valence-corrected chi connectivity index (χ4v) is 2.94. The van der Waals surface area contributed by atoms with E-state index >= 15 is 0 Å². The lowest BCUT2D eigenvalue weighted by Crippen LogP contribution is -2.21. The number of halogens is 1. The van der Waals surface area contributed by atoms with Crippen LogP contribution in [0.25, 0.3) is 11.0 Å². The molecule has 2 aromatic rings. The summed E-state index contributed by atoms with van der Waals surface area (Å²) in [7, 11) is 0. The fourth-order valence-electron chi connectivity index (χ4n) is 2.76. The molecule has 1 aromatic heterocycles. The Balaban J connectivity index is 1.64. The van der Waals surface area contributed by atoms with E-state index in [1.54, 1.807) is 0 Å². The van der Waals surface area contributed by atoms with Crippen LogP contribution in [0.3, 0.4) is 0 Å². The molecule has 2 N–H and O–H groups in total. The molecule has 0 aliphatic carbocycles. The summed E-state index contributed by atoms with van der Waals surface area (Å²) in [5.74, 6) is 0.832. The summed E-state index contributed by atoms with van der Waals surface area (Å²) in [5.41, 5.74) is 7.07. The third-order valence-electron chi connectivity index (χ3n) is 3.94. The molecule has 3 nitrogen and oxygen atoms in total. The zero-order valence-corrected chi connectivity index (χ0v) is 12.2. The van der Waals surface area contributed by atoms with Gasteiger partial charge in [-0.2, -0.15) is 0 Å². The number of furan rings is 1. The van der Waals surface area contributed by atoms with Gasteiger partial charge in [0.1, 0.15) is 11.3 Å². The zero-order chi connectivity index (χ0) is 13.9. The lowest BCUT2D eigenvalue weighted by Gasteiger charge is -2.23. The van der Waals surface area contributed by atoms with Crippen LogP contribution in [0.5, 0.6) is 0 Å². The Labute approximate surface area is 124 Å². The van der Waals surface area contributed by atoms with E-state index < -0.39 is 0 Å². The minimum atomic E-state index is -0.0771. The molecule has 20 heavy (non-hydrogen) atoms. The molecule has 2 unspecified atom stereocenters. The molecule has 2 heterocycles. The Hall–Kier alpha value is -1.03. The summed E-state index contributed by atoms with van der Waals surface area (Å²) in [6.07, 6.45) is 5.86. The molecular weight excluding hydrogens is 274 g/mol. The highest BCUT2D eigenvalue weighted by Gasteiger charge is 2.18. The van der Waals surface area contributed by atoms with Gasteiger partial charge in [-0.25, -0.2) is 0 Å². The van der Waals surface area contributed by atoms with E-state index in [1.807, 2.05) is 24.3 Å². The van der Waals surface area contributed by atoms with Crippen LogP contribution in [-0.2, 0) is 4.74 Å². The highest BCUT2D eigenvalue weighted by atomic mass is 35.5. The Bertz CT molecular complexity index is 575. The predicted molar refractivity (Wildman–Crippen MR) is 81.0 cm³/mol. The second kappa shape index (κ2) is 6.17. The van der Waals surface area contributed by atoms with Gasteiger partial charge in [-0.15, -0.1) is 0 Å². The second-order valence-corrected chi connectivity index (χ2v) is 5.94. The van der Waals surface area contributed by atoms with Crippen molar-refractivity contribution in [2.24, 2.45) is 5.73 Å². The van der Waals surface area contributed by atoms with Crippen molar-refractivity contribution in [2.45, 2.75) is 44.2 Å². The van der Waals surface area contributed by atoms with Crippen molar-refractivity contribution in [1.29, 1.82) is 0 Å². The molecule has 108 valence electrons. The van der Waals surface area contributed by atoms with Crippen molar-refractivity contribution in [3.05, 3.63) is 35.0 Å². The van der Waals surface area contributed by atoms with Crippen LogP contribution in [0.4, 0.5) is 0 Å². The Kier molecular flexibility index (Phi) is 4.29. The summed E-state index contributed by atoms with van der Waals surface area (Å²) in [5, 5.41) is 1.73. The average Bonchev–Trinajstić information content (AvgIpc) is 2.89. The molecule has 1 saturated heterocycles. The number of rotatable bonds is 4. The zero-order valence-electron chi connectivity index (χ0n) is 11.5. The van der Waals surface area contributed by atoms with E-state index in [9.17, 15) is 0 Å². The molecule has 2 atom stereocenters. The van der Waals surface area contributed by atoms with E-state index in [0.717, 1.165) is 42.6 Å². The normalized spacial score (nSPS) is 21.2. The minimum absolute atomic E-state index is 0.0771. The van der Waals surface area contributed by atoms with Gasteiger partial charge in [0.25, 0.3) is 0 Å². The highest BCUT2D eigenvalue weighted by Crippen LogP contribution is 2.28. The summed E-state index contributed by atoms with van der Waals surface area (Å²) in [6.45, 7) is 0.892. The van der Waals surface area contributed by atoms with Crippen LogP contribution in [0.2, 0.25) is 5.02 Å². The highest BCUT2D eigenvalue weighted by molar-refractivity contribution is 6.31. The first-order chi connectivity index (χ1) is 9.72. The standard InChI is InChI=1S/C16H20ClNO2/c17-12-4-7-15-11(9-12)10-16(20-15)14(18)6-5-13-3-1-2-8-19-13/h4,7,9-10,13-14H,1-3,5-6,8,18H2. The molecule has 1 aliphatic heterocycles. The van der Waals surface area contributed by atoms with E-state index in [-0.39, 0.29) is 6.04 Å². The summed E-state index contributed by atoms with van der Waals surface area (Å²) >= 11 is 5.98. The summed E-state index contributed by atoms with van der Waals surface area (Å²) in [4.78, 5) is 0. The Morgan fingerprint density at radius 1 is 1.30 bits per heavy atom. The van der Waals surface area contributed by atoms with E-state index in [2.05, 4.69) is 0 Å². The number of hydrogen-bond donors (Lipinski definition) is 1. The maximum absolute atomic E-state index is 6.23. The van der Waals surface area contributed by atoms with Crippen molar-refractivity contribution in [1.82, 2.24) is 0 Å². The van der Waals surface area contributed by atoms with E-state index in [0.29, 0.717) is 11.1 Å². The number of hydrogen-bond acceptors (Lipinski definition) is 3. The van der Waals surface area contributed by atoms with Gasteiger partial charge >= 0.3 is 0 Å². The Morgan fingerprint density at radius 2 is 2.20 bits per heavy atom. The predicted octanol–water partition coefficient (Wildman–Crippen LogP) is 4.44. The van der Waals surface area contributed by atoms with Crippen LogP contribution in [0, 0.1) is 0 Å². The maximum Gasteiger partial charge on any atom is 0.134 e. The SMILES string of the molecule is NC(CCC1CCCCO1)c1cc2cc(Cl)ccc2o1. The largest absolute Gasteiger partial charge is 0.459 e. The molecule has 1 aliphatic rings. The first kappa shape index (κ1) is 13.9. The van der Waals surface area contributed by atoms with Crippen molar-refractivity contribution >= 4 is 22.6 Å². The number of ether oxygens (including phenoxy) is 1. The topological polar surface area (TPSA) is 48.4 Å².